The number of aryl methyl sites for hydroxylation is 1. The molecule has 9 heteroatoms. The quantitative estimate of drug-likeness (QED) is 0.633. The Bertz CT molecular complexity index is 1060. The van der Waals surface area contributed by atoms with Gasteiger partial charge in [-0.2, -0.15) is 0 Å². The first-order valence-corrected chi connectivity index (χ1v) is 10.4. The van der Waals surface area contributed by atoms with Crippen LogP contribution in [0.5, 0.6) is 11.5 Å². The number of pyridine rings is 1. The highest BCUT2D eigenvalue weighted by Gasteiger charge is 2.24. The lowest BCUT2D eigenvalue weighted by Crippen LogP contribution is -2.49. The zero-order valence-electron chi connectivity index (χ0n) is 18.4. The highest BCUT2D eigenvalue weighted by atomic mass is 16.5. The van der Waals surface area contributed by atoms with E-state index < -0.39 is 0 Å². The highest BCUT2D eigenvalue weighted by molar-refractivity contribution is 5.95. The Kier molecular flexibility index (Phi) is 6.34. The van der Waals surface area contributed by atoms with Gasteiger partial charge in [-0.3, -0.25) is 4.79 Å². The molecule has 166 valence electrons. The molecule has 3 heterocycles. The van der Waals surface area contributed by atoms with Gasteiger partial charge in [-0.05, 0) is 43.3 Å². The molecule has 1 fully saturated rings. The summed E-state index contributed by atoms with van der Waals surface area (Å²) in [5.41, 5.74) is 1.48. The number of amides is 1. The second-order valence-corrected chi connectivity index (χ2v) is 7.45. The number of ether oxygens (including phenoxy) is 2. The third-order valence-electron chi connectivity index (χ3n) is 5.28. The van der Waals surface area contributed by atoms with E-state index >= 15 is 0 Å². The minimum atomic E-state index is -0.0434. The SMILES string of the molecule is COc1cc(OC)cc(C(=O)N2CCN(c3ccc(Nc4cccc(C)n4)nn3)CC2)c1. The van der Waals surface area contributed by atoms with Crippen molar-refractivity contribution in [3.05, 3.63) is 59.8 Å². The average molecular weight is 435 g/mol. The van der Waals surface area contributed by atoms with Crippen molar-refractivity contribution in [2.45, 2.75) is 6.92 Å². The Labute approximate surface area is 187 Å². The Morgan fingerprint density at radius 1 is 0.906 bits per heavy atom. The Morgan fingerprint density at radius 3 is 2.22 bits per heavy atom. The number of nitrogens with zero attached hydrogens (tertiary/aromatic N) is 5. The van der Waals surface area contributed by atoms with Crippen LogP contribution in [0.4, 0.5) is 17.5 Å². The van der Waals surface area contributed by atoms with Crippen molar-refractivity contribution >= 4 is 23.4 Å². The summed E-state index contributed by atoms with van der Waals surface area (Å²) in [4.78, 5) is 21.3. The molecule has 1 amide bonds. The molecule has 0 spiro atoms. The van der Waals surface area contributed by atoms with Crippen LogP contribution in [0.15, 0.2) is 48.5 Å². The first kappa shape index (κ1) is 21.4. The number of nitrogens with one attached hydrogen (secondary N) is 1. The van der Waals surface area contributed by atoms with Crippen LogP contribution in [0.1, 0.15) is 16.1 Å². The number of hydrogen-bond donors (Lipinski definition) is 1. The maximum absolute atomic E-state index is 13.0. The molecule has 2 aromatic heterocycles. The van der Waals surface area contributed by atoms with Crippen LogP contribution in [0.25, 0.3) is 0 Å². The van der Waals surface area contributed by atoms with Gasteiger partial charge >= 0.3 is 0 Å². The van der Waals surface area contributed by atoms with Crippen molar-refractivity contribution < 1.29 is 14.3 Å². The summed E-state index contributed by atoms with van der Waals surface area (Å²) >= 11 is 0. The number of benzene rings is 1. The van der Waals surface area contributed by atoms with Crippen molar-refractivity contribution in [3.8, 4) is 11.5 Å². The van der Waals surface area contributed by atoms with Crippen LogP contribution in [0, 0.1) is 6.92 Å². The molecular formula is C23H26N6O3. The third kappa shape index (κ3) is 4.88. The normalized spacial score (nSPS) is 13.6. The molecule has 1 aliphatic heterocycles. The minimum Gasteiger partial charge on any atom is -0.497 e. The maximum atomic E-state index is 13.0. The van der Waals surface area contributed by atoms with Crippen LogP contribution in [0.2, 0.25) is 0 Å². The minimum absolute atomic E-state index is 0.0434. The predicted octanol–water partition coefficient (Wildman–Crippen LogP) is 2.90. The van der Waals surface area contributed by atoms with Crippen LogP contribution < -0.4 is 19.7 Å². The van der Waals surface area contributed by atoms with E-state index in [0.717, 1.165) is 17.3 Å². The fourth-order valence-corrected chi connectivity index (χ4v) is 3.56. The molecule has 0 bridgehead atoms. The molecule has 4 rings (SSSR count). The van der Waals surface area contributed by atoms with E-state index in [1.165, 1.54) is 0 Å². The Balaban J connectivity index is 1.37. The van der Waals surface area contributed by atoms with Crippen LogP contribution in [0.3, 0.4) is 0 Å². The third-order valence-corrected chi connectivity index (χ3v) is 5.28. The lowest BCUT2D eigenvalue weighted by molar-refractivity contribution is 0.0745. The van der Waals surface area contributed by atoms with Crippen LogP contribution in [-0.4, -0.2) is 66.4 Å². The molecule has 1 aromatic carbocycles. The number of carbonyl (C=O) groups is 1. The van der Waals surface area contributed by atoms with Gasteiger partial charge in [0.2, 0.25) is 0 Å². The fourth-order valence-electron chi connectivity index (χ4n) is 3.56. The molecule has 0 atom stereocenters. The van der Waals surface area contributed by atoms with Gasteiger partial charge in [-0.15, -0.1) is 10.2 Å². The van der Waals surface area contributed by atoms with Crippen molar-refractivity contribution in [1.29, 1.82) is 0 Å². The van der Waals surface area contributed by atoms with E-state index in [1.54, 1.807) is 32.4 Å². The van der Waals surface area contributed by atoms with Gasteiger partial charge in [0.25, 0.3) is 5.91 Å². The van der Waals surface area contributed by atoms with E-state index in [2.05, 4.69) is 25.4 Å². The molecule has 0 saturated carbocycles. The zero-order chi connectivity index (χ0) is 22.5. The lowest BCUT2D eigenvalue weighted by atomic mass is 10.1. The number of aromatic nitrogens is 3. The summed E-state index contributed by atoms with van der Waals surface area (Å²) < 4.78 is 10.6. The maximum Gasteiger partial charge on any atom is 0.254 e. The number of carbonyl (C=O) groups excluding carboxylic acids is 1. The second kappa shape index (κ2) is 9.51. The first-order chi connectivity index (χ1) is 15.6. The molecule has 3 aromatic rings. The largest absolute Gasteiger partial charge is 0.497 e. The van der Waals surface area contributed by atoms with Gasteiger partial charge in [-0.25, -0.2) is 4.98 Å². The van der Waals surface area contributed by atoms with E-state index in [9.17, 15) is 4.79 Å². The summed E-state index contributed by atoms with van der Waals surface area (Å²) in [5.74, 6) is 3.29. The summed E-state index contributed by atoms with van der Waals surface area (Å²) in [6.45, 7) is 4.47. The standard InChI is InChI=1S/C23H26N6O3/c1-16-5-4-6-20(24-16)25-21-7-8-22(27-26-21)28-9-11-29(12-10-28)23(30)17-13-18(31-2)15-19(14-17)32-3/h4-8,13-15H,9-12H2,1-3H3,(H,24,25,26). The van der Waals surface area contributed by atoms with Gasteiger partial charge in [0.05, 0.1) is 14.2 Å². The molecule has 1 aliphatic rings. The summed E-state index contributed by atoms with van der Waals surface area (Å²) in [6.07, 6.45) is 0. The van der Waals surface area contributed by atoms with Crippen LogP contribution in [-0.2, 0) is 0 Å². The monoisotopic (exact) mass is 434 g/mol. The van der Waals surface area contributed by atoms with Gasteiger partial charge in [0.1, 0.15) is 17.3 Å². The number of piperazine rings is 1. The summed E-state index contributed by atoms with van der Waals surface area (Å²) in [6, 6.07) is 14.8. The van der Waals surface area contributed by atoms with E-state index in [4.69, 9.17) is 9.47 Å². The van der Waals surface area contributed by atoms with Gasteiger partial charge in [-0.1, -0.05) is 6.07 Å². The number of anilines is 3. The number of rotatable bonds is 6. The van der Waals surface area contributed by atoms with Crippen molar-refractivity contribution in [3.63, 3.8) is 0 Å². The number of hydrogen-bond acceptors (Lipinski definition) is 8. The van der Waals surface area contributed by atoms with E-state index in [1.807, 2.05) is 42.2 Å². The van der Waals surface area contributed by atoms with Gasteiger partial charge in [0.15, 0.2) is 11.6 Å². The molecule has 9 nitrogen and oxygen atoms in total. The second-order valence-electron chi connectivity index (χ2n) is 7.45. The van der Waals surface area contributed by atoms with E-state index in [0.29, 0.717) is 49.1 Å². The Hall–Kier alpha value is -3.88. The smallest absolute Gasteiger partial charge is 0.254 e. The number of methoxy groups -OCH3 is 2. The van der Waals surface area contributed by atoms with Gasteiger partial charge in [0, 0.05) is 43.5 Å². The highest BCUT2D eigenvalue weighted by Crippen LogP contribution is 2.24. The lowest BCUT2D eigenvalue weighted by Gasteiger charge is -2.35. The fraction of sp³-hybridized carbons (Fsp3) is 0.304. The molecule has 32 heavy (non-hydrogen) atoms. The molecule has 1 saturated heterocycles. The summed E-state index contributed by atoms with van der Waals surface area (Å²) in [7, 11) is 3.14. The van der Waals surface area contributed by atoms with Gasteiger partial charge < -0.3 is 24.6 Å². The first-order valence-electron chi connectivity index (χ1n) is 10.4. The van der Waals surface area contributed by atoms with Crippen LogP contribution >= 0.6 is 0 Å². The molecule has 0 radical (unpaired) electrons. The van der Waals surface area contributed by atoms with Crippen molar-refractivity contribution in [2.24, 2.45) is 0 Å². The molecular weight excluding hydrogens is 408 g/mol. The average Bonchev–Trinajstić information content (AvgIpc) is 2.84. The summed E-state index contributed by atoms with van der Waals surface area (Å²) in [5, 5.41) is 11.8. The topological polar surface area (TPSA) is 92.7 Å². The van der Waals surface area contributed by atoms with Crippen molar-refractivity contribution in [1.82, 2.24) is 20.1 Å². The zero-order valence-corrected chi connectivity index (χ0v) is 18.4. The molecule has 0 aliphatic carbocycles. The molecule has 1 N–H and O–H groups in total. The predicted molar refractivity (Wildman–Crippen MR) is 122 cm³/mol. The molecule has 0 unspecified atom stereocenters. The Morgan fingerprint density at radius 2 is 1.62 bits per heavy atom. The van der Waals surface area contributed by atoms with E-state index in [-0.39, 0.29) is 5.91 Å². The van der Waals surface area contributed by atoms with Crippen molar-refractivity contribution in [2.75, 3.05) is 50.6 Å².